The SMILES string of the molecule is CCCC(=O)NC1CCN(C(=O)COc2c(C)ccc(C)c2C)CC1. The minimum atomic E-state index is 0.0126. The Kier molecular flexibility index (Phi) is 6.85. The fraction of sp³-hybridized carbons (Fsp3) is 0.600. The zero-order chi connectivity index (χ0) is 18.4. The van der Waals surface area contributed by atoms with Crippen LogP contribution in [0, 0.1) is 20.8 Å². The van der Waals surface area contributed by atoms with Gasteiger partial charge in [-0.05, 0) is 56.7 Å². The number of ether oxygens (including phenoxy) is 1. The lowest BCUT2D eigenvalue weighted by atomic mass is 10.0. The summed E-state index contributed by atoms with van der Waals surface area (Å²) in [6.07, 6.45) is 3.05. The number of piperidine rings is 1. The van der Waals surface area contributed by atoms with Gasteiger partial charge in [0.2, 0.25) is 5.91 Å². The van der Waals surface area contributed by atoms with Crippen LogP contribution in [0.5, 0.6) is 5.75 Å². The zero-order valence-electron chi connectivity index (χ0n) is 15.9. The maximum atomic E-state index is 12.4. The van der Waals surface area contributed by atoms with Gasteiger partial charge in [0.1, 0.15) is 5.75 Å². The summed E-state index contributed by atoms with van der Waals surface area (Å²) in [5.74, 6) is 0.940. The molecule has 0 unspecified atom stereocenters. The van der Waals surface area contributed by atoms with E-state index in [1.165, 1.54) is 0 Å². The third-order valence-corrected chi connectivity index (χ3v) is 4.90. The third kappa shape index (κ3) is 5.21. The lowest BCUT2D eigenvalue weighted by molar-refractivity contribution is -0.134. The molecule has 1 aromatic rings. The average molecular weight is 346 g/mol. The number of hydrogen-bond donors (Lipinski definition) is 1. The second-order valence-electron chi connectivity index (χ2n) is 6.91. The quantitative estimate of drug-likeness (QED) is 0.862. The second kappa shape index (κ2) is 8.88. The van der Waals surface area contributed by atoms with Crippen LogP contribution in [0.4, 0.5) is 0 Å². The van der Waals surface area contributed by atoms with Crippen LogP contribution in [-0.4, -0.2) is 42.5 Å². The van der Waals surface area contributed by atoms with Gasteiger partial charge in [-0.2, -0.15) is 0 Å². The molecule has 25 heavy (non-hydrogen) atoms. The molecule has 0 spiro atoms. The van der Waals surface area contributed by atoms with Crippen LogP contribution in [0.15, 0.2) is 12.1 Å². The predicted molar refractivity (Wildman–Crippen MR) is 98.8 cm³/mol. The molecule has 5 heteroatoms. The summed E-state index contributed by atoms with van der Waals surface area (Å²) in [6, 6.07) is 4.27. The van der Waals surface area contributed by atoms with Crippen molar-refractivity contribution in [2.45, 2.75) is 59.4 Å². The molecule has 1 heterocycles. The number of carbonyl (C=O) groups is 2. The molecule has 2 amide bonds. The van der Waals surface area contributed by atoms with E-state index in [2.05, 4.69) is 11.4 Å². The van der Waals surface area contributed by atoms with Gasteiger partial charge in [-0.25, -0.2) is 0 Å². The molecule has 2 rings (SSSR count). The van der Waals surface area contributed by atoms with Crippen LogP contribution >= 0.6 is 0 Å². The van der Waals surface area contributed by atoms with Gasteiger partial charge in [0.15, 0.2) is 6.61 Å². The Labute approximate surface area is 150 Å². The first-order valence-corrected chi connectivity index (χ1v) is 9.19. The molecule has 1 N–H and O–H groups in total. The Hall–Kier alpha value is -2.04. The number of rotatable bonds is 6. The summed E-state index contributed by atoms with van der Waals surface area (Å²) in [6.45, 7) is 9.47. The molecule has 1 saturated heterocycles. The molecule has 0 saturated carbocycles. The van der Waals surface area contributed by atoms with E-state index in [9.17, 15) is 9.59 Å². The molecule has 1 aliphatic rings. The average Bonchev–Trinajstić information content (AvgIpc) is 2.59. The van der Waals surface area contributed by atoms with Crippen molar-refractivity contribution in [3.8, 4) is 5.75 Å². The Morgan fingerprint density at radius 3 is 2.44 bits per heavy atom. The molecule has 5 nitrogen and oxygen atoms in total. The van der Waals surface area contributed by atoms with E-state index in [4.69, 9.17) is 4.74 Å². The van der Waals surface area contributed by atoms with Crippen molar-refractivity contribution in [1.29, 1.82) is 0 Å². The van der Waals surface area contributed by atoms with Crippen molar-refractivity contribution < 1.29 is 14.3 Å². The van der Waals surface area contributed by atoms with E-state index in [0.29, 0.717) is 19.5 Å². The fourth-order valence-corrected chi connectivity index (χ4v) is 3.17. The summed E-state index contributed by atoms with van der Waals surface area (Å²) in [4.78, 5) is 25.9. The smallest absolute Gasteiger partial charge is 0.260 e. The van der Waals surface area contributed by atoms with Crippen LogP contribution in [0.3, 0.4) is 0 Å². The predicted octanol–water partition coefficient (Wildman–Crippen LogP) is 2.90. The maximum Gasteiger partial charge on any atom is 0.260 e. The van der Waals surface area contributed by atoms with Gasteiger partial charge >= 0.3 is 0 Å². The van der Waals surface area contributed by atoms with Gasteiger partial charge in [0.25, 0.3) is 5.91 Å². The number of amides is 2. The van der Waals surface area contributed by atoms with E-state index in [0.717, 1.165) is 41.7 Å². The molecular weight excluding hydrogens is 316 g/mol. The van der Waals surface area contributed by atoms with Gasteiger partial charge in [0, 0.05) is 25.6 Å². The molecule has 0 bridgehead atoms. The van der Waals surface area contributed by atoms with Crippen molar-refractivity contribution in [3.05, 3.63) is 28.8 Å². The first kappa shape index (κ1) is 19.3. The van der Waals surface area contributed by atoms with Gasteiger partial charge < -0.3 is 15.0 Å². The summed E-state index contributed by atoms with van der Waals surface area (Å²) in [5, 5.41) is 3.05. The lowest BCUT2D eigenvalue weighted by Crippen LogP contribution is -2.47. The minimum Gasteiger partial charge on any atom is -0.483 e. The van der Waals surface area contributed by atoms with Gasteiger partial charge in [0.05, 0.1) is 0 Å². The minimum absolute atomic E-state index is 0.0126. The molecule has 0 atom stereocenters. The highest BCUT2D eigenvalue weighted by molar-refractivity contribution is 5.78. The van der Waals surface area contributed by atoms with Crippen LogP contribution in [0.25, 0.3) is 0 Å². The van der Waals surface area contributed by atoms with E-state index >= 15 is 0 Å². The number of aryl methyl sites for hydroxylation is 2. The number of carbonyl (C=O) groups excluding carboxylic acids is 2. The summed E-state index contributed by atoms with van der Waals surface area (Å²) < 4.78 is 5.83. The van der Waals surface area contributed by atoms with E-state index < -0.39 is 0 Å². The molecule has 1 fully saturated rings. The standard InChI is InChI=1S/C20H30N2O3/c1-5-6-18(23)21-17-9-11-22(12-10-17)19(24)13-25-20-15(3)8-7-14(2)16(20)4/h7-8,17H,5-6,9-13H2,1-4H3,(H,21,23). The summed E-state index contributed by atoms with van der Waals surface area (Å²) >= 11 is 0. The number of nitrogens with one attached hydrogen (secondary N) is 1. The number of hydrogen-bond acceptors (Lipinski definition) is 3. The number of likely N-dealkylation sites (tertiary alicyclic amines) is 1. The van der Waals surface area contributed by atoms with Crippen LogP contribution < -0.4 is 10.1 Å². The largest absolute Gasteiger partial charge is 0.483 e. The van der Waals surface area contributed by atoms with E-state index in [-0.39, 0.29) is 24.5 Å². The number of benzene rings is 1. The Morgan fingerprint density at radius 2 is 1.80 bits per heavy atom. The van der Waals surface area contributed by atoms with Crippen molar-refractivity contribution in [2.24, 2.45) is 0 Å². The molecule has 0 radical (unpaired) electrons. The number of nitrogens with zero attached hydrogens (tertiary/aromatic N) is 1. The van der Waals surface area contributed by atoms with Crippen molar-refractivity contribution in [1.82, 2.24) is 10.2 Å². The van der Waals surface area contributed by atoms with Crippen molar-refractivity contribution >= 4 is 11.8 Å². The van der Waals surface area contributed by atoms with Crippen LogP contribution in [0.1, 0.15) is 49.3 Å². The topological polar surface area (TPSA) is 58.6 Å². The molecular formula is C20H30N2O3. The fourth-order valence-electron chi connectivity index (χ4n) is 3.17. The van der Waals surface area contributed by atoms with Gasteiger partial charge in [-0.1, -0.05) is 19.1 Å². The Balaban J connectivity index is 1.82. The van der Waals surface area contributed by atoms with Crippen LogP contribution in [-0.2, 0) is 9.59 Å². The zero-order valence-corrected chi connectivity index (χ0v) is 15.9. The second-order valence-corrected chi connectivity index (χ2v) is 6.91. The third-order valence-electron chi connectivity index (χ3n) is 4.90. The highest BCUT2D eigenvalue weighted by Gasteiger charge is 2.24. The highest BCUT2D eigenvalue weighted by atomic mass is 16.5. The van der Waals surface area contributed by atoms with Gasteiger partial charge in [-0.15, -0.1) is 0 Å². The maximum absolute atomic E-state index is 12.4. The van der Waals surface area contributed by atoms with Crippen molar-refractivity contribution in [3.63, 3.8) is 0 Å². The summed E-state index contributed by atoms with van der Waals surface area (Å²) in [5.41, 5.74) is 3.30. The normalized spacial score (nSPS) is 15.1. The summed E-state index contributed by atoms with van der Waals surface area (Å²) in [7, 11) is 0. The lowest BCUT2D eigenvalue weighted by Gasteiger charge is -2.32. The molecule has 1 aliphatic heterocycles. The highest BCUT2D eigenvalue weighted by Crippen LogP contribution is 2.25. The van der Waals surface area contributed by atoms with Crippen LogP contribution in [0.2, 0.25) is 0 Å². The first-order valence-electron chi connectivity index (χ1n) is 9.19. The molecule has 0 aliphatic carbocycles. The van der Waals surface area contributed by atoms with E-state index in [1.54, 1.807) is 0 Å². The molecule has 0 aromatic heterocycles. The monoisotopic (exact) mass is 346 g/mol. The van der Waals surface area contributed by atoms with Crippen molar-refractivity contribution in [2.75, 3.05) is 19.7 Å². The molecule has 138 valence electrons. The first-order chi connectivity index (χ1) is 11.9. The van der Waals surface area contributed by atoms with Gasteiger partial charge in [-0.3, -0.25) is 9.59 Å². The van der Waals surface area contributed by atoms with E-state index in [1.807, 2.05) is 38.7 Å². The Bertz CT molecular complexity index is 620. The molecule has 1 aromatic carbocycles. The Morgan fingerprint density at radius 1 is 1.16 bits per heavy atom.